The Balaban J connectivity index is 2.11. The van der Waals surface area contributed by atoms with Crippen molar-refractivity contribution in [2.45, 2.75) is 26.8 Å². The number of rotatable bonds is 8. The summed E-state index contributed by atoms with van der Waals surface area (Å²) in [7, 11) is 1.46. The fourth-order valence-corrected chi connectivity index (χ4v) is 3.10. The summed E-state index contributed by atoms with van der Waals surface area (Å²) in [5, 5.41) is 11.8. The fraction of sp³-hybridized carbons (Fsp3) is 0.300. The molecule has 158 valence electrons. The highest BCUT2D eigenvalue weighted by Gasteiger charge is 2.22. The number of aliphatic hydroxyl groups excluding tert-OH is 1. The van der Waals surface area contributed by atoms with Gasteiger partial charge in [0.15, 0.2) is 5.89 Å². The number of hydrogen-bond acceptors (Lipinski definition) is 7. The number of primary amides is 1. The van der Waals surface area contributed by atoms with Crippen LogP contribution in [-0.4, -0.2) is 45.2 Å². The van der Waals surface area contributed by atoms with Gasteiger partial charge in [-0.05, 0) is 18.6 Å². The van der Waals surface area contributed by atoms with Crippen molar-refractivity contribution in [2.24, 2.45) is 5.73 Å². The van der Waals surface area contributed by atoms with Crippen molar-refractivity contribution >= 4 is 28.8 Å². The molecule has 0 saturated heterocycles. The van der Waals surface area contributed by atoms with Gasteiger partial charge in [0.05, 0.1) is 24.9 Å². The Morgan fingerprint density at radius 3 is 2.73 bits per heavy atom. The number of ether oxygens (including phenoxy) is 1. The Bertz CT molecular complexity index is 1130. The van der Waals surface area contributed by atoms with E-state index in [2.05, 4.69) is 15.3 Å². The average Bonchev–Trinajstić information content (AvgIpc) is 3.27. The highest BCUT2D eigenvalue weighted by atomic mass is 16.5. The number of anilines is 1. The Morgan fingerprint density at radius 1 is 1.33 bits per heavy atom. The summed E-state index contributed by atoms with van der Waals surface area (Å²) >= 11 is 0. The molecule has 3 rings (SSSR count). The molecule has 0 spiro atoms. The maximum Gasteiger partial charge on any atom is 0.295 e. The summed E-state index contributed by atoms with van der Waals surface area (Å²) in [6.07, 6.45) is 3.82. The van der Waals surface area contributed by atoms with Crippen molar-refractivity contribution < 1.29 is 23.8 Å². The quantitative estimate of drug-likeness (QED) is 0.477. The molecule has 2 heterocycles. The van der Waals surface area contributed by atoms with E-state index >= 15 is 0 Å². The van der Waals surface area contributed by atoms with Gasteiger partial charge in [0.1, 0.15) is 11.3 Å². The number of nitrogens with two attached hydrogens (primary N) is 1. The molecule has 30 heavy (non-hydrogen) atoms. The molecule has 0 bridgehead atoms. The van der Waals surface area contributed by atoms with Crippen LogP contribution < -0.4 is 15.8 Å². The van der Waals surface area contributed by atoms with Crippen LogP contribution in [-0.2, 0) is 13.0 Å². The largest absolute Gasteiger partial charge is 0.494 e. The fourth-order valence-electron chi connectivity index (χ4n) is 3.10. The predicted octanol–water partition coefficient (Wildman–Crippen LogP) is 1.80. The molecule has 4 N–H and O–H groups in total. The van der Waals surface area contributed by atoms with Gasteiger partial charge in [0.2, 0.25) is 17.6 Å². The molecule has 10 heteroatoms. The number of nitrogens with zero attached hydrogens (tertiary/aromatic N) is 3. The normalized spacial score (nSPS) is 11.3. The second-order valence-corrected chi connectivity index (χ2v) is 6.43. The monoisotopic (exact) mass is 413 g/mol. The molecule has 0 radical (unpaired) electrons. The average molecular weight is 413 g/mol. The van der Waals surface area contributed by atoms with Gasteiger partial charge >= 0.3 is 0 Å². The third kappa shape index (κ3) is 4.03. The Kier molecular flexibility index (Phi) is 6.17. The summed E-state index contributed by atoms with van der Waals surface area (Å²) in [6, 6.07) is 3.04. The predicted molar refractivity (Wildman–Crippen MR) is 110 cm³/mol. The van der Waals surface area contributed by atoms with E-state index in [0.717, 1.165) is 0 Å². The van der Waals surface area contributed by atoms with Crippen LogP contribution >= 0.6 is 0 Å². The number of benzene rings is 1. The van der Waals surface area contributed by atoms with Gasteiger partial charge in [-0.2, -0.15) is 0 Å². The van der Waals surface area contributed by atoms with Crippen molar-refractivity contribution in [3.05, 3.63) is 47.2 Å². The van der Waals surface area contributed by atoms with Gasteiger partial charge in [0.25, 0.3) is 5.91 Å². The summed E-state index contributed by atoms with van der Waals surface area (Å²) in [6.45, 7) is 3.70. The number of carbonyl (C=O) groups is 2. The van der Waals surface area contributed by atoms with Gasteiger partial charge in [0, 0.05) is 19.0 Å². The summed E-state index contributed by atoms with van der Waals surface area (Å²) < 4.78 is 12.6. The molecule has 0 aliphatic rings. The smallest absolute Gasteiger partial charge is 0.295 e. The molecule has 0 unspecified atom stereocenters. The van der Waals surface area contributed by atoms with Gasteiger partial charge in [-0.3, -0.25) is 14.9 Å². The number of allylic oxidation sites excluding steroid dienone is 1. The highest BCUT2D eigenvalue weighted by molar-refractivity contribution is 6.04. The second-order valence-electron chi connectivity index (χ2n) is 6.43. The topological polar surface area (TPSA) is 146 Å². The van der Waals surface area contributed by atoms with E-state index in [0.29, 0.717) is 34.8 Å². The van der Waals surface area contributed by atoms with E-state index in [1.807, 2.05) is 6.92 Å². The van der Waals surface area contributed by atoms with Crippen molar-refractivity contribution in [2.75, 3.05) is 19.0 Å². The maximum absolute atomic E-state index is 12.8. The first-order valence-corrected chi connectivity index (χ1v) is 9.31. The van der Waals surface area contributed by atoms with Gasteiger partial charge in [-0.15, -0.1) is 0 Å². The van der Waals surface area contributed by atoms with Crippen molar-refractivity contribution in [1.82, 2.24) is 14.5 Å². The SMILES string of the molecule is CCc1nc(C)oc1C(=O)Nc1nc2cc(C(N)=O)cc(OC)c2n1C/C=C/CO. The zero-order chi connectivity index (χ0) is 21.8. The minimum Gasteiger partial charge on any atom is -0.494 e. The van der Waals surface area contributed by atoms with Crippen molar-refractivity contribution in [3.63, 3.8) is 0 Å². The highest BCUT2D eigenvalue weighted by Crippen LogP contribution is 2.31. The standard InChI is InChI=1S/C20H23N5O5/c1-4-13-17(30-11(2)22-13)19(28)24-20-23-14-9-12(18(21)27)10-15(29-3)16(14)25(20)7-5-6-8-26/h5-6,9-10,26H,4,7-8H2,1-3H3,(H2,21,27)(H,23,24,28)/b6-5+. The third-order valence-electron chi connectivity index (χ3n) is 4.44. The Morgan fingerprint density at radius 2 is 2.10 bits per heavy atom. The minimum atomic E-state index is -0.625. The Labute approximate surface area is 172 Å². The number of aliphatic hydroxyl groups is 1. The molecule has 0 saturated carbocycles. The molecular weight excluding hydrogens is 390 g/mol. The first-order chi connectivity index (χ1) is 14.4. The Hall–Kier alpha value is -3.66. The lowest BCUT2D eigenvalue weighted by molar-refractivity contribution is 0.0988. The number of amides is 2. The molecule has 0 fully saturated rings. The summed E-state index contributed by atoms with van der Waals surface area (Å²) in [5.74, 6) is -0.0250. The number of nitrogens with one attached hydrogen (secondary N) is 1. The van der Waals surface area contributed by atoms with Crippen molar-refractivity contribution in [3.8, 4) is 5.75 Å². The number of imidazole rings is 1. The zero-order valence-corrected chi connectivity index (χ0v) is 16.9. The van der Waals surface area contributed by atoms with Crippen LogP contribution in [0.4, 0.5) is 5.95 Å². The van der Waals surface area contributed by atoms with E-state index in [9.17, 15) is 9.59 Å². The number of carbonyl (C=O) groups excluding carboxylic acids is 2. The lowest BCUT2D eigenvalue weighted by Crippen LogP contribution is -2.17. The molecule has 2 amide bonds. The number of fused-ring (bicyclic) bond motifs is 1. The first-order valence-electron chi connectivity index (χ1n) is 9.31. The van der Waals surface area contributed by atoms with E-state index < -0.39 is 11.8 Å². The molecule has 0 aliphatic heterocycles. The van der Waals surface area contributed by atoms with Gasteiger partial charge in [-0.25, -0.2) is 9.97 Å². The minimum absolute atomic E-state index is 0.115. The van der Waals surface area contributed by atoms with Gasteiger partial charge in [-0.1, -0.05) is 19.1 Å². The molecule has 10 nitrogen and oxygen atoms in total. The van der Waals surface area contributed by atoms with Crippen molar-refractivity contribution in [1.29, 1.82) is 0 Å². The lowest BCUT2D eigenvalue weighted by atomic mass is 10.1. The number of aryl methyl sites for hydroxylation is 2. The van der Waals surface area contributed by atoms with Crippen LogP contribution in [0.2, 0.25) is 0 Å². The number of methoxy groups -OCH3 is 1. The van der Waals surface area contributed by atoms with Crippen LogP contribution in [0.1, 0.15) is 39.4 Å². The molecule has 1 aromatic carbocycles. The number of oxazole rings is 1. The van der Waals surface area contributed by atoms with Crippen LogP contribution in [0.3, 0.4) is 0 Å². The van der Waals surface area contributed by atoms with E-state index in [1.165, 1.54) is 19.2 Å². The summed E-state index contributed by atoms with van der Waals surface area (Å²) in [5.41, 5.74) is 7.15. The van der Waals surface area contributed by atoms with Crippen LogP contribution in [0.5, 0.6) is 5.75 Å². The van der Waals surface area contributed by atoms with Crippen LogP contribution in [0.15, 0.2) is 28.7 Å². The van der Waals surface area contributed by atoms with E-state index in [1.54, 1.807) is 23.6 Å². The van der Waals surface area contributed by atoms with Crippen LogP contribution in [0, 0.1) is 6.92 Å². The molecular formula is C20H23N5O5. The van der Waals surface area contributed by atoms with Crippen LogP contribution in [0.25, 0.3) is 11.0 Å². The maximum atomic E-state index is 12.8. The molecule has 0 atom stereocenters. The number of aromatic nitrogens is 3. The van der Waals surface area contributed by atoms with E-state index in [-0.39, 0.29) is 30.4 Å². The molecule has 3 aromatic rings. The van der Waals surface area contributed by atoms with Gasteiger partial charge < -0.3 is 24.6 Å². The molecule has 0 aliphatic carbocycles. The van der Waals surface area contributed by atoms with E-state index in [4.69, 9.17) is 20.0 Å². The summed E-state index contributed by atoms with van der Waals surface area (Å²) in [4.78, 5) is 33.2. The first kappa shape index (κ1) is 21.1. The number of hydrogen-bond donors (Lipinski definition) is 3. The lowest BCUT2D eigenvalue weighted by Gasteiger charge is -2.10. The second kappa shape index (κ2) is 8.78. The zero-order valence-electron chi connectivity index (χ0n) is 16.9. The third-order valence-corrected chi connectivity index (χ3v) is 4.44. The molecule has 2 aromatic heterocycles.